The van der Waals surface area contributed by atoms with E-state index in [1.165, 1.54) is 44.9 Å². The number of phosphoric ester groups is 3. The number of hydrogen-bond donors (Lipinski definition) is 8. The molecule has 1 aliphatic rings. The Labute approximate surface area is 385 Å². The summed E-state index contributed by atoms with van der Waals surface area (Å²) in [4.78, 5) is 72.4. The van der Waals surface area contributed by atoms with Gasteiger partial charge in [-0.2, -0.15) is 13.5 Å². The molecule has 1 aliphatic carbocycles. The Morgan fingerprint density at radius 3 is 1.39 bits per heavy atom. The largest absolute Gasteiger partial charge is 0.472 e. The van der Waals surface area contributed by atoms with Crippen LogP contribution in [-0.4, -0.2) is 108 Å². The van der Waals surface area contributed by atoms with Gasteiger partial charge in [-0.15, -0.1) is 0 Å². The molecule has 368 valence electrons. The van der Waals surface area contributed by atoms with Crippen molar-refractivity contribution in [3.05, 3.63) is 0 Å². The highest BCUT2D eigenvalue weighted by Crippen LogP contribution is 2.51. The van der Waals surface area contributed by atoms with E-state index in [-0.39, 0.29) is 35.6 Å². The number of rotatable bonds is 26. The maximum atomic E-state index is 13.0. The van der Waals surface area contributed by atoms with Crippen LogP contribution in [0.5, 0.6) is 0 Å². The molecular weight excluding hydrogens is 897 g/mol. The summed E-state index contributed by atoms with van der Waals surface area (Å²) in [6.07, 6.45) is -3.04. The molecule has 0 aliphatic heterocycles. The Balaban J connectivity index is -0.000000310. The predicted octanol–water partition coefficient (Wildman–Crippen LogP) is 5.34. The average molecular weight is 975 g/mol. The van der Waals surface area contributed by atoms with Crippen LogP contribution in [0.2, 0.25) is 0 Å². The Hall–Kier alpha value is -3.14. The van der Waals surface area contributed by atoms with Gasteiger partial charge in [-0.05, 0) is 72.5 Å². The SMILES string of the molecule is CC#CC#CC#CC#CC#CC#CC(=O)OC[C@H](COP(=O)(O)OC1C(O)[C@@H](OP(=O)(O)O)C(O)[C@@H](OP(=O)(O)O)[C@H]1O)OC(=O)CCCCCCCCCCCCCCC.S.[HH].[HH].[HH].[HH].[HH].[HH].[HH].[HH].[HH].[HH].[HH]. The molecule has 0 spiro atoms. The zero-order valence-corrected chi connectivity index (χ0v) is 37.9. The third kappa shape index (κ3) is 28.5. The van der Waals surface area contributed by atoms with E-state index in [1.807, 2.05) is 5.92 Å². The summed E-state index contributed by atoms with van der Waals surface area (Å²) in [7, 11) is -16.7. The van der Waals surface area contributed by atoms with Crippen molar-refractivity contribution in [1.82, 2.24) is 0 Å². The Morgan fingerprint density at radius 2 is 0.968 bits per heavy atom. The first kappa shape index (κ1) is 58.9. The second kappa shape index (κ2) is 32.5. The van der Waals surface area contributed by atoms with E-state index in [9.17, 15) is 63.1 Å². The van der Waals surface area contributed by atoms with E-state index in [2.05, 4.69) is 81.1 Å². The van der Waals surface area contributed by atoms with Crippen LogP contribution in [0.1, 0.15) is 119 Å². The van der Waals surface area contributed by atoms with Crippen molar-refractivity contribution in [2.45, 2.75) is 146 Å². The van der Waals surface area contributed by atoms with Gasteiger partial charge in [0.15, 0.2) is 6.10 Å². The molecule has 0 saturated heterocycles. The van der Waals surface area contributed by atoms with Crippen molar-refractivity contribution in [1.29, 1.82) is 0 Å². The topological polar surface area (TPSA) is 303 Å². The minimum absolute atomic E-state index is 0. The zero-order chi connectivity index (χ0) is 45.7. The Morgan fingerprint density at radius 1 is 0.581 bits per heavy atom. The molecule has 0 bridgehead atoms. The molecule has 23 heteroatoms. The molecule has 0 aromatic carbocycles. The fourth-order valence-electron chi connectivity index (χ4n) is 5.47. The third-order valence-corrected chi connectivity index (χ3v) is 10.3. The zero-order valence-electron chi connectivity index (χ0n) is 34.3. The minimum atomic E-state index is -5.58. The van der Waals surface area contributed by atoms with Gasteiger partial charge in [0.25, 0.3) is 0 Å². The monoisotopic (exact) mass is 974 g/mol. The van der Waals surface area contributed by atoms with Gasteiger partial charge in [0.1, 0.15) is 43.2 Å². The fraction of sp³-hybridized carbons (Fsp3) is 0.641. The van der Waals surface area contributed by atoms with Crippen molar-refractivity contribution < 1.29 is 106 Å². The fourth-order valence-corrected chi connectivity index (χ4v) is 7.57. The molecule has 1 rings (SSSR count). The smallest absolute Gasteiger partial charge is 0.456 e. The average Bonchev–Trinajstić information content (AvgIpc) is 3.18. The van der Waals surface area contributed by atoms with Gasteiger partial charge in [0.2, 0.25) is 0 Å². The molecule has 8 atom stereocenters. The summed E-state index contributed by atoms with van der Waals surface area (Å²) in [5, 5.41) is 31.6. The molecule has 1 saturated carbocycles. The first-order valence-corrected chi connectivity index (χ1v) is 23.8. The number of ether oxygens (including phenoxy) is 2. The van der Waals surface area contributed by atoms with E-state index in [1.54, 1.807) is 6.92 Å². The van der Waals surface area contributed by atoms with E-state index in [0.29, 0.717) is 12.8 Å². The van der Waals surface area contributed by atoms with Crippen LogP contribution < -0.4 is 0 Å². The van der Waals surface area contributed by atoms with Gasteiger partial charge >= 0.3 is 35.4 Å². The maximum Gasteiger partial charge on any atom is 0.472 e. The van der Waals surface area contributed by atoms with Crippen LogP contribution in [-0.2, 0) is 50.9 Å². The van der Waals surface area contributed by atoms with Crippen molar-refractivity contribution in [2.24, 2.45) is 0 Å². The first-order chi connectivity index (χ1) is 28.8. The first-order valence-electron chi connectivity index (χ1n) is 19.3. The molecule has 1 fully saturated rings. The number of hydrogen-bond acceptors (Lipinski definition) is 14. The second-order valence-electron chi connectivity index (χ2n) is 13.3. The molecule has 8 N–H and O–H groups in total. The summed E-state index contributed by atoms with van der Waals surface area (Å²) >= 11 is 0. The van der Waals surface area contributed by atoms with Crippen LogP contribution in [0, 0.1) is 71.0 Å². The van der Waals surface area contributed by atoms with Gasteiger partial charge in [-0.3, -0.25) is 22.9 Å². The molecule has 0 radical (unpaired) electrons. The third-order valence-electron chi connectivity index (χ3n) is 8.25. The predicted molar refractivity (Wildman–Crippen MR) is 250 cm³/mol. The lowest BCUT2D eigenvalue weighted by Crippen LogP contribution is -2.65. The number of carbonyl (C=O) groups is 2. The molecule has 0 aromatic rings. The molecule has 19 nitrogen and oxygen atoms in total. The van der Waals surface area contributed by atoms with Crippen LogP contribution in [0.15, 0.2) is 0 Å². The van der Waals surface area contributed by atoms with Gasteiger partial charge < -0.3 is 49.3 Å². The summed E-state index contributed by atoms with van der Waals surface area (Å²) < 4.78 is 64.5. The highest BCUT2D eigenvalue weighted by atomic mass is 32.1. The van der Waals surface area contributed by atoms with Crippen LogP contribution >= 0.6 is 37.0 Å². The van der Waals surface area contributed by atoms with Gasteiger partial charge in [-0.25, -0.2) is 18.5 Å². The van der Waals surface area contributed by atoms with Crippen molar-refractivity contribution in [3.63, 3.8) is 0 Å². The van der Waals surface area contributed by atoms with E-state index in [0.717, 1.165) is 25.7 Å². The number of esters is 2. The van der Waals surface area contributed by atoms with Gasteiger partial charge in [0.05, 0.1) is 6.61 Å². The van der Waals surface area contributed by atoms with E-state index in [4.69, 9.17) is 18.5 Å². The molecule has 62 heavy (non-hydrogen) atoms. The molecule has 0 amide bonds. The van der Waals surface area contributed by atoms with E-state index < -0.39 is 91.3 Å². The van der Waals surface area contributed by atoms with Crippen molar-refractivity contribution >= 4 is 48.9 Å². The Bertz CT molecular complexity index is 1940. The number of carbonyl (C=O) groups excluding carboxylic acids is 2. The van der Waals surface area contributed by atoms with Gasteiger partial charge in [-0.1, -0.05) is 89.9 Å². The van der Waals surface area contributed by atoms with Crippen molar-refractivity contribution in [2.75, 3.05) is 13.2 Å². The number of phosphoric acid groups is 3. The second-order valence-corrected chi connectivity index (χ2v) is 17.0. The summed E-state index contributed by atoms with van der Waals surface area (Å²) in [6.45, 7) is 1.96. The van der Waals surface area contributed by atoms with Crippen LogP contribution in [0.25, 0.3) is 0 Å². The number of aliphatic hydroxyl groups is 3. The van der Waals surface area contributed by atoms with Crippen LogP contribution in [0.4, 0.5) is 0 Å². The lowest BCUT2D eigenvalue weighted by molar-refractivity contribution is -0.213. The molecule has 4 unspecified atom stereocenters. The molecular formula is C39H77O19P3S. The minimum Gasteiger partial charge on any atom is -0.456 e. The molecule has 0 aromatic heterocycles. The highest BCUT2D eigenvalue weighted by Gasteiger charge is 2.56. The standard InChI is InChI=1S/C39H53O19P3.H2S.11H2/c1-3-5-7-9-11-13-15-16-18-20-22-24-26-28-33(41)55-31(29-53-32(40)27-25-23-21-19-17-14-12-10-8-6-4-2)30-54-61(51,52)58-39-35(43)37(56-59(45,46)47)34(42)38(36(39)44)57-60(48,49)50;;;;;;;;;;;;/h31,34-39,42-44H,3,5,7,9,11,13,15-16,18,20,22,24,26,28-30H2,1-2H3,(H,51,52)(H2,45,46,47)(H2,48,49,50);1H2;11*1H/t31-,34?,35-,36?,37-,38+,39?;;;;;;;;;;;;/m1............/s1. The van der Waals surface area contributed by atoms with Crippen LogP contribution in [0.3, 0.4) is 0 Å². The summed E-state index contributed by atoms with van der Waals surface area (Å²) in [5.41, 5.74) is 0. The number of aliphatic hydroxyl groups excluding tert-OH is 3. The molecule has 0 heterocycles. The normalized spacial score (nSPS) is 20.5. The van der Waals surface area contributed by atoms with Gasteiger partial charge in [0, 0.05) is 28.0 Å². The summed E-state index contributed by atoms with van der Waals surface area (Å²) in [6, 6.07) is 0. The maximum absolute atomic E-state index is 13.0. The Kier molecular flexibility index (Phi) is 30.9. The number of unbranched alkanes of at least 4 members (excludes halogenated alkanes) is 12. The lowest BCUT2D eigenvalue weighted by atomic mass is 9.85. The summed E-state index contributed by atoms with van der Waals surface area (Å²) in [5.74, 6) is 26.3. The quantitative estimate of drug-likeness (QED) is 0.0178. The lowest BCUT2D eigenvalue weighted by Gasteiger charge is -2.44. The highest BCUT2D eigenvalue weighted by molar-refractivity contribution is 7.59. The van der Waals surface area contributed by atoms with E-state index >= 15 is 0 Å². The van der Waals surface area contributed by atoms with Crippen molar-refractivity contribution in [3.8, 4) is 71.0 Å².